The molecule has 21 heavy (non-hydrogen) atoms. The van der Waals surface area contributed by atoms with Gasteiger partial charge in [-0.2, -0.15) is 0 Å². The van der Waals surface area contributed by atoms with Gasteiger partial charge in [-0.05, 0) is 12.8 Å². The molecule has 0 spiro atoms. The molecule has 1 rings (SSSR count). The van der Waals surface area contributed by atoms with Crippen molar-refractivity contribution in [1.29, 1.82) is 0 Å². The molecule has 0 fully saturated rings. The van der Waals surface area contributed by atoms with Crippen molar-refractivity contribution in [3.8, 4) is 0 Å². The molecule has 6 nitrogen and oxygen atoms in total. The van der Waals surface area contributed by atoms with E-state index in [4.69, 9.17) is 10.5 Å². The summed E-state index contributed by atoms with van der Waals surface area (Å²) in [7, 11) is 4.59. The highest BCUT2D eigenvalue weighted by molar-refractivity contribution is 7.19. The quantitative estimate of drug-likeness (QED) is 0.788. The van der Waals surface area contributed by atoms with Gasteiger partial charge < -0.3 is 20.7 Å². The van der Waals surface area contributed by atoms with Gasteiger partial charge in [0, 0.05) is 20.1 Å². The predicted molar refractivity (Wildman–Crippen MR) is 86.1 cm³/mol. The van der Waals surface area contributed by atoms with Crippen LogP contribution in [0.4, 0.5) is 10.7 Å². The average molecular weight is 313 g/mol. The Balaban J connectivity index is 3.30. The number of methoxy groups -OCH3 is 1. The van der Waals surface area contributed by atoms with Gasteiger partial charge in [0.1, 0.15) is 15.4 Å². The Labute approximate surface area is 129 Å². The molecule has 118 valence electrons. The number of carbonyl (C=O) groups is 2. The van der Waals surface area contributed by atoms with Crippen LogP contribution in [-0.4, -0.2) is 44.0 Å². The van der Waals surface area contributed by atoms with Crippen molar-refractivity contribution >= 4 is 33.9 Å². The molecule has 0 atom stereocenters. The molecule has 7 heteroatoms. The van der Waals surface area contributed by atoms with Crippen molar-refractivity contribution in [3.63, 3.8) is 0 Å². The molecular weight excluding hydrogens is 290 g/mol. The van der Waals surface area contributed by atoms with Crippen molar-refractivity contribution in [2.75, 3.05) is 32.3 Å². The monoisotopic (exact) mass is 313 g/mol. The Kier molecular flexibility index (Phi) is 6.02. The summed E-state index contributed by atoms with van der Waals surface area (Å²) in [6.45, 7) is 4.11. The van der Waals surface area contributed by atoms with Gasteiger partial charge >= 0.3 is 5.97 Å². The van der Waals surface area contributed by atoms with Crippen LogP contribution in [0.2, 0.25) is 0 Å². The lowest BCUT2D eigenvalue weighted by Gasteiger charge is -2.15. The predicted octanol–water partition coefficient (Wildman–Crippen LogP) is 2.42. The van der Waals surface area contributed by atoms with E-state index in [0.717, 1.165) is 12.8 Å². The van der Waals surface area contributed by atoms with Crippen LogP contribution in [0.1, 0.15) is 46.7 Å². The van der Waals surface area contributed by atoms with E-state index in [0.29, 0.717) is 9.88 Å². The first-order valence-electron chi connectivity index (χ1n) is 6.85. The lowest BCUT2D eigenvalue weighted by Crippen LogP contribution is -2.21. The Bertz CT molecular complexity index is 522. The minimum atomic E-state index is -0.532. The molecule has 0 unspecified atom stereocenters. The molecule has 0 aliphatic carbocycles. The van der Waals surface area contributed by atoms with E-state index < -0.39 is 5.97 Å². The fourth-order valence-electron chi connectivity index (χ4n) is 1.89. The van der Waals surface area contributed by atoms with Crippen LogP contribution < -0.4 is 11.1 Å². The Morgan fingerprint density at radius 1 is 1.33 bits per heavy atom. The first-order valence-corrected chi connectivity index (χ1v) is 7.67. The summed E-state index contributed by atoms with van der Waals surface area (Å²) < 4.78 is 4.78. The van der Waals surface area contributed by atoms with Crippen molar-refractivity contribution in [2.24, 2.45) is 0 Å². The highest BCUT2D eigenvalue weighted by Crippen LogP contribution is 2.37. The maximum Gasteiger partial charge on any atom is 0.343 e. The van der Waals surface area contributed by atoms with Crippen LogP contribution in [0.3, 0.4) is 0 Å². The summed E-state index contributed by atoms with van der Waals surface area (Å²) in [6.07, 6.45) is 1.82. The first kappa shape index (κ1) is 17.3. The lowest BCUT2D eigenvalue weighted by atomic mass is 10.1. The lowest BCUT2D eigenvalue weighted by molar-refractivity contribution is 0.0603. The van der Waals surface area contributed by atoms with Crippen molar-refractivity contribution in [1.82, 2.24) is 4.90 Å². The molecule has 1 aromatic heterocycles. The highest BCUT2D eigenvalue weighted by Gasteiger charge is 2.27. The number of ether oxygens (including phenoxy) is 1. The number of rotatable bonds is 6. The van der Waals surface area contributed by atoms with Crippen LogP contribution in [-0.2, 0) is 4.74 Å². The summed E-state index contributed by atoms with van der Waals surface area (Å²) in [5.41, 5.74) is 6.43. The van der Waals surface area contributed by atoms with E-state index in [2.05, 4.69) is 19.2 Å². The Morgan fingerprint density at radius 2 is 1.90 bits per heavy atom. The topological polar surface area (TPSA) is 84.7 Å². The number of amides is 1. The SMILES string of the molecule is CCC(CC)Nc1sc(C(=O)N(C)C)c(N)c1C(=O)OC. The second kappa shape index (κ2) is 7.31. The van der Waals surface area contributed by atoms with Crippen LogP contribution in [0.25, 0.3) is 0 Å². The van der Waals surface area contributed by atoms with E-state index in [1.54, 1.807) is 14.1 Å². The summed E-state index contributed by atoms with van der Waals surface area (Å²) in [6, 6.07) is 0.216. The third-order valence-corrected chi connectivity index (χ3v) is 4.38. The average Bonchev–Trinajstić information content (AvgIpc) is 2.79. The zero-order valence-corrected chi connectivity index (χ0v) is 14.0. The van der Waals surface area contributed by atoms with E-state index in [9.17, 15) is 9.59 Å². The third kappa shape index (κ3) is 3.66. The smallest absolute Gasteiger partial charge is 0.343 e. The Morgan fingerprint density at radius 3 is 2.33 bits per heavy atom. The van der Waals surface area contributed by atoms with Gasteiger partial charge in [0.05, 0.1) is 12.8 Å². The molecule has 0 aliphatic rings. The summed E-state index contributed by atoms with van der Waals surface area (Å²) >= 11 is 1.20. The van der Waals surface area contributed by atoms with Gasteiger partial charge in [-0.25, -0.2) is 4.79 Å². The number of hydrogen-bond acceptors (Lipinski definition) is 6. The number of esters is 1. The highest BCUT2D eigenvalue weighted by atomic mass is 32.1. The molecule has 1 heterocycles. The maximum absolute atomic E-state index is 12.1. The zero-order valence-electron chi connectivity index (χ0n) is 13.1. The molecule has 0 bridgehead atoms. The fraction of sp³-hybridized carbons (Fsp3) is 0.571. The molecule has 0 radical (unpaired) electrons. The fourth-order valence-corrected chi connectivity index (χ4v) is 3.10. The first-order chi connectivity index (χ1) is 9.87. The van der Waals surface area contributed by atoms with Gasteiger partial charge in [-0.1, -0.05) is 13.8 Å². The number of nitrogens with two attached hydrogens (primary N) is 1. The summed E-state index contributed by atoms with van der Waals surface area (Å²) in [5.74, 6) is -0.754. The van der Waals surface area contributed by atoms with Gasteiger partial charge in [-0.3, -0.25) is 4.79 Å². The van der Waals surface area contributed by atoms with Gasteiger partial charge in [0.2, 0.25) is 0 Å². The molecule has 0 saturated heterocycles. The number of thiophene rings is 1. The number of carbonyl (C=O) groups excluding carboxylic acids is 2. The molecule has 0 saturated carbocycles. The minimum Gasteiger partial charge on any atom is -0.465 e. The van der Waals surface area contributed by atoms with E-state index in [-0.39, 0.29) is 23.2 Å². The summed E-state index contributed by atoms with van der Waals surface area (Å²) in [5, 5.41) is 3.88. The van der Waals surface area contributed by atoms with Crippen LogP contribution in [0.5, 0.6) is 0 Å². The summed E-state index contributed by atoms with van der Waals surface area (Å²) in [4.78, 5) is 25.9. The van der Waals surface area contributed by atoms with E-state index in [1.807, 2.05) is 0 Å². The molecule has 1 amide bonds. The largest absolute Gasteiger partial charge is 0.465 e. The Hall–Kier alpha value is -1.76. The standard InChI is InChI=1S/C14H23N3O3S/c1-6-8(7-2)16-12-9(14(19)20-5)10(15)11(21-12)13(18)17(3)4/h8,16H,6-7,15H2,1-5H3. The molecule has 1 aromatic rings. The molecule has 3 N–H and O–H groups in total. The molecular formula is C14H23N3O3S. The molecule has 0 aliphatic heterocycles. The normalized spacial score (nSPS) is 10.6. The van der Waals surface area contributed by atoms with Gasteiger partial charge in [0.25, 0.3) is 5.91 Å². The maximum atomic E-state index is 12.1. The van der Waals surface area contributed by atoms with Crippen molar-refractivity contribution < 1.29 is 14.3 Å². The van der Waals surface area contributed by atoms with Crippen molar-refractivity contribution in [2.45, 2.75) is 32.7 Å². The van der Waals surface area contributed by atoms with Crippen LogP contribution in [0, 0.1) is 0 Å². The second-order valence-corrected chi connectivity index (χ2v) is 5.92. The van der Waals surface area contributed by atoms with Crippen molar-refractivity contribution in [3.05, 3.63) is 10.4 Å². The third-order valence-electron chi connectivity index (χ3n) is 3.26. The number of nitrogen functional groups attached to an aromatic ring is 1. The van der Waals surface area contributed by atoms with Crippen LogP contribution >= 0.6 is 11.3 Å². The van der Waals surface area contributed by atoms with E-state index in [1.165, 1.54) is 23.3 Å². The van der Waals surface area contributed by atoms with Gasteiger partial charge in [-0.15, -0.1) is 11.3 Å². The zero-order chi connectivity index (χ0) is 16.2. The number of hydrogen-bond donors (Lipinski definition) is 2. The van der Waals surface area contributed by atoms with Crippen LogP contribution in [0.15, 0.2) is 0 Å². The molecule has 0 aromatic carbocycles. The second-order valence-electron chi connectivity index (χ2n) is 4.90. The minimum absolute atomic E-state index is 0.180. The number of nitrogens with zero attached hydrogens (tertiary/aromatic N) is 1. The van der Waals surface area contributed by atoms with E-state index >= 15 is 0 Å². The number of nitrogens with one attached hydrogen (secondary N) is 1. The van der Waals surface area contributed by atoms with Gasteiger partial charge in [0.15, 0.2) is 0 Å². The number of anilines is 2.